The summed E-state index contributed by atoms with van der Waals surface area (Å²) in [6, 6.07) is 3.70. The molecule has 1 N–H and O–H groups in total. The molecular formula is C23H31FN4O3. The van der Waals surface area contributed by atoms with Crippen LogP contribution in [0.4, 0.5) is 10.2 Å². The van der Waals surface area contributed by atoms with Crippen molar-refractivity contribution in [2.24, 2.45) is 0 Å². The van der Waals surface area contributed by atoms with Gasteiger partial charge in [-0.3, -0.25) is 4.79 Å². The van der Waals surface area contributed by atoms with E-state index in [4.69, 9.17) is 4.74 Å². The first-order valence-corrected chi connectivity index (χ1v) is 10.7. The summed E-state index contributed by atoms with van der Waals surface area (Å²) >= 11 is 0. The van der Waals surface area contributed by atoms with Crippen LogP contribution in [0, 0.1) is 5.82 Å². The Hall–Kier alpha value is -2.74. The van der Waals surface area contributed by atoms with Crippen molar-refractivity contribution >= 4 is 11.7 Å². The van der Waals surface area contributed by atoms with E-state index in [1.54, 1.807) is 4.90 Å². The zero-order valence-corrected chi connectivity index (χ0v) is 18.7. The average molecular weight is 431 g/mol. The maximum absolute atomic E-state index is 14.1. The summed E-state index contributed by atoms with van der Waals surface area (Å²) in [5.41, 5.74) is 0.140. The van der Waals surface area contributed by atoms with Crippen LogP contribution in [-0.4, -0.2) is 57.2 Å². The summed E-state index contributed by atoms with van der Waals surface area (Å²) in [5.74, 6) is 0.254. The van der Waals surface area contributed by atoms with Crippen molar-refractivity contribution in [3.63, 3.8) is 0 Å². The number of hydrogen-bond acceptors (Lipinski definition) is 6. The minimum Gasteiger partial charge on any atom is -0.451 e. The van der Waals surface area contributed by atoms with Crippen LogP contribution >= 0.6 is 0 Å². The standard InChI is InChI=1S/C23H31FN4O3/c1-14(2)28(15(3)4)23(30)17-11-16(24)9-10-20(17)31-21-12-25-13-26-22(21)27(5)18-7-6-8-19(18)29/h9-15,18-19,29H,6-8H2,1-5H3/t18-,19+/m0/s1. The van der Waals surface area contributed by atoms with Crippen LogP contribution in [0.3, 0.4) is 0 Å². The lowest BCUT2D eigenvalue weighted by atomic mass is 10.1. The largest absolute Gasteiger partial charge is 0.451 e. The molecule has 0 spiro atoms. The Morgan fingerprint density at radius 2 is 1.90 bits per heavy atom. The van der Waals surface area contributed by atoms with E-state index in [2.05, 4.69) is 9.97 Å². The Labute approximate surface area is 182 Å². The predicted molar refractivity (Wildman–Crippen MR) is 117 cm³/mol. The number of halogens is 1. The summed E-state index contributed by atoms with van der Waals surface area (Å²) in [6.45, 7) is 7.68. The van der Waals surface area contributed by atoms with E-state index in [0.29, 0.717) is 11.6 Å². The molecule has 3 rings (SSSR count). The van der Waals surface area contributed by atoms with Gasteiger partial charge in [-0.15, -0.1) is 0 Å². The lowest BCUT2D eigenvalue weighted by Gasteiger charge is -2.31. The molecule has 0 radical (unpaired) electrons. The van der Waals surface area contributed by atoms with Gasteiger partial charge in [-0.05, 0) is 65.2 Å². The molecule has 0 bridgehead atoms. The zero-order chi connectivity index (χ0) is 22.7. The topological polar surface area (TPSA) is 78.8 Å². The van der Waals surface area contributed by atoms with Gasteiger partial charge in [0.1, 0.15) is 17.9 Å². The quantitative estimate of drug-likeness (QED) is 0.715. The molecule has 1 aliphatic carbocycles. The van der Waals surface area contributed by atoms with Crippen molar-refractivity contribution in [3.8, 4) is 11.5 Å². The first-order chi connectivity index (χ1) is 14.7. The highest BCUT2D eigenvalue weighted by Crippen LogP contribution is 2.35. The van der Waals surface area contributed by atoms with Gasteiger partial charge in [-0.25, -0.2) is 14.4 Å². The smallest absolute Gasteiger partial charge is 0.258 e. The number of nitrogens with zero attached hydrogens (tertiary/aromatic N) is 4. The van der Waals surface area contributed by atoms with Gasteiger partial charge in [0.05, 0.1) is 23.9 Å². The summed E-state index contributed by atoms with van der Waals surface area (Å²) in [5, 5.41) is 10.3. The molecular weight excluding hydrogens is 399 g/mol. The minimum atomic E-state index is -0.515. The molecule has 2 atom stereocenters. The number of aromatic nitrogens is 2. The molecule has 0 aliphatic heterocycles. The van der Waals surface area contributed by atoms with Crippen LogP contribution < -0.4 is 9.64 Å². The van der Waals surface area contributed by atoms with Gasteiger partial charge in [0.25, 0.3) is 5.91 Å². The Morgan fingerprint density at radius 1 is 1.19 bits per heavy atom. The number of ether oxygens (including phenoxy) is 1. The predicted octanol–water partition coefficient (Wildman–Crippen LogP) is 4.02. The molecule has 1 aromatic carbocycles. The minimum absolute atomic E-state index is 0.0609. The number of amides is 1. The highest BCUT2D eigenvalue weighted by atomic mass is 19.1. The molecule has 1 amide bonds. The number of benzene rings is 1. The molecule has 8 heteroatoms. The number of aliphatic hydroxyl groups is 1. The number of hydrogen-bond donors (Lipinski definition) is 1. The third-order valence-corrected chi connectivity index (χ3v) is 5.67. The van der Waals surface area contributed by atoms with Gasteiger partial charge < -0.3 is 19.6 Å². The summed E-state index contributed by atoms with van der Waals surface area (Å²) in [7, 11) is 1.85. The van der Waals surface area contributed by atoms with Gasteiger partial charge in [0.2, 0.25) is 0 Å². The number of carbonyl (C=O) groups excluding carboxylic acids is 1. The van der Waals surface area contributed by atoms with Gasteiger partial charge in [-0.1, -0.05) is 0 Å². The Bertz CT molecular complexity index is 913. The highest BCUT2D eigenvalue weighted by Gasteiger charge is 2.31. The van der Waals surface area contributed by atoms with Crippen LogP contribution in [0.5, 0.6) is 11.5 Å². The molecule has 31 heavy (non-hydrogen) atoms. The fourth-order valence-electron chi connectivity index (χ4n) is 4.26. The van der Waals surface area contributed by atoms with Crippen LogP contribution in [0.15, 0.2) is 30.7 Å². The normalized spacial score (nSPS) is 18.5. The molecule has 2 aromatic rings. The average Bonchev–Trinajstić information content (AvgIpc) is 3.14. The van der Waals surface area contributed by atoms with Gasteiger partial charge in [0, 0.05) is 19.1 Å². The van der Waals surface area contributed by atoms with Crippen LogP contribution in [0.2, 0.25) is 0 Å². The molecule has 1 fully saturated rings. The maximum Gasteiger partial charge on any atom is 0.258 e. The molecule has 1 aliphatic rings. The summed E-state index contributed by atoms with van der Waals surface area (Å²) in [4.78, 5) is 25.2. The van der Waals surface area contributed by atoms with Crippen molar-refractivity contribution in [3.05, 3.63) is 42.1 Å². The number of rotatable bonds is 7. The molecule has 1 saturated carbocycles. The van der Waals surface area contributed by atoms with Crippen LogP contribution in [0.25, 0.3) is 0 Å². The molecule has 0 saturated heterocycles. The fraction of sp³-hybridized carbons (Fsp3) is 0.522. The lowest BCUT2D eigenvalue weighted by molar-refractivity contribution is 0.0640. The molecule has 168 valence electrons. The van der Waals surface area contributed by atoms with Crippen LogP contribution in [0.1, 0.15) is 57.3 Å². The Morgan fingerprint density at radius 3 is 2.52 bits per heavy atom. The van der Waals surface area contributed by atoms with Crippen LogP contribution in [-0.2, 0) is 0 Å². The molecule has 1 heterocycles. The monoisotopic (exact) mass is 430 g/mol. The van der Waals surface area contributed by atoms with E-state index in [0.717, 1.165) is 19.3 Å². The SMILES string of the molecule is CC(C)N(C(=O)c1cc(F)ccc1Oc1cncnc1N(C)[C@H]1CCC[C@H]1O)C(C)C. The van der Waals surface area contributed by atoms with Crippen molar-refractivity contribution < 1.29 is 19.0 Å². The third-order valence-electron chi connectivity index (χ3n) is 5.67. The van der Waals surface area contributed by atoms with E-state index in [1.807, 2.05) is 39.6 Å². The van der Waals surface area contributed by atoms with E-state index in [1.165, 1.54) is 30.7 Å². The second-order valence-electron chi connectivity index (χ2n) is 8.53. The molecule has 0 unspecified atom stereocenters. The molecule has 1 aromatic heterocycles. The first kappa shape index (κ1) is 22.9. The zero-order valence-electron chi connectivity index (χ0n) is 18.7. The maximum atomic E-state index is 14.1. The van der Waals surface area contributed by atoms with E-state index < -0.39 is 11.9 Å². The van der Waals surface area contributed by atoms with E-state index in [-0.39, 0.29) is 35.3 Å². The first-order valence-electron chi connectivity index (χ1n) is 10.7. The van der Waals surface area contributed by atoms with Crippen molar-refractivity contribution in [1.29, 1.82) is 0 Å². The van der Waals surface area contributed by atoms with E-state index in [9.17, 15) is 14.3 Å². The van der Waals surface area contributed by atoms with Crippen molar-refractivity contribution in [2.45, 2.75) is 71.2 Å². The second kappa shape index (κ2) is 9.60. The fourth-order valence-corrected chi connectivity index (χ4v) is 4.26. The highest BCUT2D eigenvalue weighted by molar-refractivity contribution is 5.97. The van der Waals surface area contributed by atoms with Gasteiger partial charge in [0.15, 0.2) is 11.6 Å². The number of anilines is 1. The van der Waals surface area contributed by atoms with Crippen molar-refractivity contribution in [1.82, 2.24) is 14.9 Å². The number of carbonyl (C=O) groups is 1. The lowest BCUT2D eigenvalue weighted by Crippen LogP contribution is -2.42. The van der Waals surface area contributed by atoms with E-state index >= 15 is 0 Å². The Balaban J connectivity index is 1.97. The number of aliphatic hydroxyl groups excluding tert-OH is 1. The third kappa shape index (κ3) is 4.95. The molecule has 7 nitrogen and oxygen atoms in total. The van der Waals surface area contributed by atoms with Crippen molar-refractivity contribution in [2.75, 3.05) is 11.9 Å². The summed E-state index contributed by atoms with van der Waals surface area (Å²) < 4.78 is 20.2. The van der Waals surface area contributed by atoms with Gasteiger partial charge in [-0.2, -0.15) is 0 Å². The van der Waals surface area contributed by atoms with Gasteiger partial charge >= 0.3 is 0 Å². The second-order valence-corrected chi connectivity index (χ2v) is 8.53. The Kier molecular flexibility index (Phi) is 7.10. The number of likely N-dealkylation sites (N-methyl/N-ethyl adjacent to an activating group) is 1. The summed E-state index contributed by atoms with van der Waals surface area (Å²) in [6.07, 6.45) is 5.01.